The van der Waals surface area contributed by atoms with E-state index in [0.717, 1.165) is 22.9 Å². The minimum atomic E-state index is -1.45. The number of rotatable bonds is 6. The summed E-state index contributed by atoms with van der Waals surface area (Å²) in [6.07, 6.45) is 1.13. The van der Waals surface area contributed by atoms with E-state index >= 15 is 0 Å². The Morgan fingerprint density at radius 2 is 1.90 bits per heavy atom. The van der Waals surface area contributed by atoms with Gasteiger partial charge in [-0.05, 0) is 37.5 Å². The predicted octanol–water partition coefficient (Wildman–Crippen LogP) is 1.82. The van der Waals surface area contributed by atoms with Crippen LogP contribution in [0.2, 0.25) is 0 Å². The summed E-state index contributed by atoms with van der Waals surface area (Å²) in [5.41, 5.74) is -1.03. The summed E-state index contributed by atoms with van der Waals surface area (Å²) in [4.78, 5) is 23.0. The van der Waals surface area contributed by atoms with E-state index in [1.54, 1.807) is 0 Å². The standard InChI is InChI=1S/C15H18BrNO4/c1-14(21,8-12(18)19)9-17-13(20)15(6-7-15)10-2-4-11(16)5-3-10/h2-5,21H,6-9H2,1H3,(H,17,20)(H,18,19). The van der Waals surface area contributed by atoms with E-state index in [9.17, 15) is 14.7 Å². The molecule has 1 aromatic rings. The van der Waals surface area contributed by atoms with Crippen molar-refractivity contribution < 1.29 is 19.8 Å². The zero-order valence-corrected chi connectivity index (χ0v) is 13.3. The molecule has 1 unspecified atom stereocenters. The summed E-state index contributed by atoms with van der Waals surface area (Å²) in [6, 6.07) is 7.60. The molecule has 1 amide bonds. The predicted molar refractivity (Wildman–Crippen MR) is 80.9 cm³/mol. The van der Waals surface area contributed by atoms with E-state index in [0.29, 0.717) is 0 Å². The van der Waals surface area contributed by atoms with Gasteiger partial charge in [0.15, 0.2) is 0 Å². The van der Waals surface area contributed by atoms with Gasteiger partial charge in [0.2, 0.25) is 5.91 Å². The molecule has 1 aromatic carbocycles. The first kappa shape index (κ1) is 16.0. The van der Waals surface area contributed by atoms with Crippen molar-refractivity contribution in [1.29, 1.82) is 0 Å². The van der Waals surface area contributed by atoms with Gasteiger partial charge < -0.3 is 15.5 Å². The molecule has 0 radical (unpaired) electrons. The molecule has 1 aliphatic rings. The molecule has 0 saturated heterocycles. The maximum absolute atomic E-state index is 12.4. The number of carboxylic acids is 1. The number of amides is 1. The molecule has 114 valence electrons. The lowest BCUT2D eigenvalue weighted by Gasteiger charge is -2.23. The molecule has 0 bridgehead atoms. The Kier molecular flexibility index (Phi) is 4.39. The van der Waals surface area contributed by atoms with Crippen LogP contribution in [0.3, 0.4) is 0 Å². The quantitative estimate of drug-likeness (QED) is 0.726. The van der Waals surface area contributed by atoms with Crippen molar-refractivity contribution in [1.82, 2.24) is 5.32 Å². The van der Waals surface area contributed by atoms with E-state index in [-0.39, 0.29) is 12.5 Å². The first-order chi connectivity index (χ1) is 9.75. The number of aliphatic carboxylic acids is 1. The summed E-state index contributed by atoms with van der Waals surface area (Å²) in [6.45, 7) is 1.33. The molecular weight excluding hydrogens is 338 g/mol. The maximum Gasteiger partial charge on any atom is 0.306 e. The van der Waals surface area contributed by atoms with Crippen LogP contribution in [-0.2, 0) is 15.0 Å². The van der Waals surface area contributed by atoms with Gasteiger partial charge in [0.25, 0.3) is 0 Å². The van der Waals surface area contributed by atoms with Crippen LogP contribution in [0.4, 0.5) is 0 Å². The first-order valence-electron chi connectivity index (χ1n) is 6.74. The Morgan fingerprint density at radius 1 is 1.33 bits per heavy atom. The minimum absolute atomic E-state index is 0.0730. The number of carbonyl (C=O) groups is 2. The van der Waals surface area contributed by atoms with Crippen molar-refractivity contribution in [2.75, 3.05) is 6.54 Å². The summed E-state index contributed by atoms with van der Waals surface area (Å²) >= 11 is 3.36. The van der Waals surface area contributed by atoms with Crippen molar-refractivity contribution in [2.45, 2.75) is 37.2 Å². The molecule has 1 aliphatic carbocycles. The number of carbonyl (C=O) groups excluding carboxylic acids is 1. The molecule has 21 heavy (non-hydrogen) atoms. The van der Waals surface area contributed by atoms with E-state index in [1.807, 2.05) is 24.3 Å². The molecule has 0 aromatic heterocycles. The van der Waals surface area contributed by atoms with Crippen LogP contribution >= 0.6 is 15.9 Å². The number of benzene rings is 1. The van der Waals surface area contributed by atoms with E-state index in [2.05, 4.69) is 21.2 Å². The van der Waals surface area contributed by atoms with Crippen molar-refractivity contribution in [3.05, 3.63) is 34.3 Å². The highest BCUT2D eigenvalue weighted by molar-refractivity contribution is 9.10. The highest BCUT2D eigenvalue weighted by atomic mass is 79.9. The maximum atomic E-state index is 12.4. The lowest BCUT2D eigenvalue weighted by molar-refractivity contribution is -0.142. The lowest BCUT2D eigenvalue weighted by atomic mass is 9.94. The molecular formula is C15H18BrNO4. The molecule has 1 fully saturated rings. The second-order valence-corrected chi connectivity index (χ2v) is 6.75. The third kappa shape index (κ3) is 3.83. The fourth-order valence-electron chi connectivity index (χ4n) is 2.37. The number of hydrogen-bond donors (Lipinski definition) is 3. The third-order valence-electron chi connectivity index (χ3n) is 3.74. The number of aliphatic hydroxyl groups is 1. The number of carboxylic acid groups (broad SMARTS) is 1. The van der Waals surface area contributed by atoms with Gasteiger partial charge in [0, 0.05) is 11.0 Å². The fraction of sp³-hybridized carbons (Fsp3) is 0.467. The molecule has 0 aliphatic heterocycles. The van der Waals surface area contributed by atoms with E-state index in [1.165, 1.54) is 6.92 Å². The molecule has 2 rings (SSSR count). The SMILES string of the molecule is CC(O)(CNC(=O)C1(c2ccc(Br)cc2)CC1)CC(=O)O. The van der Waals surface area contributed by atoms with Crippen LogP contribution in [-0.4, -0.2) is 34.2 Å². The van der Waals surface area contributed by atoms with Crippen LogP contribution < -0.4 is 5.32 Å². The lowest BCUT2D eigenvalue weighted by Crippen LogP contribution is -2.45. The van der Waals surface area contributed by atoms with Crippen LogP contribution in [0, 0.1) is 0 Å². The fourth-order valence-corrected chi connectivity index (χ4v) is 2.63. The third-order valence-corrected chi connectivity index (χ3v) is 4.27. The smallest absolute Gasteiger partial charge is 0.306 e. The molecule has 1 atom stereocenters. The molecule has 0 spiro atoms. The Balaban J connectivity index is 2.00. The average molecular weight is 356 g/mol. The average Bonchev–Trinajstić information content (AvgIpc) is 3.17. The highest BCUT2D eigenvalue weighted by Crippen LogP contribution is 2.48. The largest absolute Gasteiger partial charge is 0.481 e. The number of hydrogen-bond acceptors (Lipinski definition) is 3. The number of halogens is 1. The summed E-state index contributed by atoms with van der Waals surface area (Å²) < 4.78 is 0.951. The molecule has 0 heterocycles. The summed E-state index contributed by atoms with van der Waals surface area (Å²) in [5, 5.41) is 21.3. The van der Waals surface area contributed by atoms with Gasteiger partial charge in [-0.3, -0.25) is 9.59 Å². The van der Waals surface area contributed by atoms with Crippen molar-refractivity contribution >= 4 is 27.8 Å². The second kappa shape index (κ2) is 5.77. The number of nitrogens with one attached hydrogen (secondary N) is 1. The van der Waals surface area contributed by atoms with Crippen LogP contribution in [0.15, 0.2) is 28.7 Å². The monoisotopic (exact) mass is 355 g/mol. The van der Waals surface area contributed by atoms with Crippen molar-refractivity contribution in [3.63, 3.8) is 0 Å². The Labute approximate surface area is 131 Å². The van der Waals surface area contributed by atoms with Gasteiger partial charge in [0.1, 0.15) is 0 Å². The normalized spacial score (nSPS) is 18.6. The van der Waals surface area contributed by atoms with Gasteiger partial charge in [0.05, 0.1) is 17.4 Å². The Hall–Kier alpha value is -1.40. The summed E-state index contributed by atoms with van der Waals surface area (Å²) in [5.74, 6) is -1.25. The van der Waals surface area contributed by atoms with Gasteiger partial charge in [-0.2, -0.15) is 0 Å². The molecule has 3 N–H and O–H groups in total. The zero-order valence-electron chi connectivity index (χ0n) is 11.7. The van der Waals surface area contributed by atoms with Gasteiger partial charge in [-0.15, -0.1) is 0 Å². The van der Waals surface area contributed by atoms with Crippen LogP contribution in [0.1, 0.15) is 31.7 Å². The van der Waals surface area contributed by atoms with Gasteiger partial charge in [-0.25, -0.2) is 0 Å². The zero-order chi connectivity index (χ0) is 15.7. The first-order valence-corrected chi connectivity index (χ1v) is 7.53. The highest BCUT2D eigenvalue weighted by Gasteiger charge is 2.51. The van der Waals surface area contributed by atoms with Gasteiger partial charge in [-0.1, -0.05) is 28.1 Å². The van der Waals surface area contributed by atoms with E-state index < -0.39 is 23.4 Å². The van der Waals surface area contributed by atoms with Crippen LogP contribution in [0.25, 0.3) is 0 Å². The summed E-state index contributed by atoms with van der Waals surface area (Å²) in [7, 11) is 0. The minimum Gasteiger partial charge on any atom is -0.481 e. The van der Waals surface area contributed by atoms with Crippen molar-refractivity contribution in [3.8, 4) is 0 Å². The topological polar surface area (TPSA) is 86.6 Å². The molecule has 1 saturated carbocycles. The molecule has 5 nitrogen and oxygen atoms in total. The molecule has 6 heteroatoms. The Morgan fingerprint density at radius 3 is 2.38 bits per heavy atom. The van der Waals surface area contributed by atoms with Gasteiger partial charge >= 0.3 is 5.97 Å². The second-order valence-electron chi connectivity index (χ2n) is 5.84. The van der Waals surface area contributed by atoms with E-state index in [4.69, 9.17) is 5.11 Å². The van der Waals surface area contributed by atoms with Crippen LogP contribution in [0.5, 0.6) is 0 Å². The Bertz CT molecular complexity index is 549. The van der Waals surface area contributed by atoms with Crippen molar-refractivity contribution in [2.24, 2.45) is 0 Å².